The molecule has 2 nitrogen and oxygen atoms in total. The van der Waals surface area contributed by atoms with E-state index < -0.39 is 0 Å². The van der Waals surface area contributed by atoms with Gasteiger partial charge in [0.25, 0.3) is 0 Å². The van der Waals surface area contributed by atoms with Crippen molar-refractivity contribution in [3.05, 3.63) is 102 Å². The number of nitrogens with two attached hydrogens (primary N) is 1. The number of hydrogen-bond acceptors (Lipinski definition) is 2. The molecule has 0 bridgehead atoms. The lowest BCUT2D eigenvalue weighted by Crippen LogP contribution is -1.91. The van der Waals surface area contributed by atoms with Crippen LogP contribution in [-0.2, 0) is 0 Å². The third kappa shape index (κ3) is 3.77. The number of anilines is 1. The number of hydrogen-bond donors (Lipinski definition) is 1. The molecule has 2 N–H and O–H groups in total. The molecular formula is C27H22N2. The van der Waals surface area contributed by atoms with E-state index in [0.29, 0.717) is 5.56 Å². The average molecular weight is 374 g/mol. The van der Waals surface area contributed by atoms with Gasteiger partial charge in [0.1, 0.15) is 0 Å². The summed E-state index contributed by atoms with van der Waals surface area (Å²) in [6.45, 7) is 4.29. The lowest BCUT2D eigenvalue weighted by molar-refractivity contribution is 1.40. The molecule has 0 aromatic heterocycles. The van der Waals surface area contributed by atoms with E-state index >= 15 is 0 Å². The topological polar surface area (TPSA) is 49.8 Å². The minimum Gasteiger partial charge on any atom is -0.399 e. The Bertz CT molecular complexity index is 1210. The quantitative estimate of drug-likeness (QED) is 0.403. The van der Waals surface area contributed by atoms with Crippen LogP contribution in [0.5, 0.6) is 0 Å². The summed E-state index contributed by atoms with van der Waals surface area (Å²) in [7, 11) is 0. The van der Waals surface area contributed by atoms with E-state index in [9.17, 15) is 0 Å². The summed E-state index contributed by atoms with van der Waals surface area (Å²) in [6, 6.07) is 31.0. The van der Waals surface area contributed by atoms with Gasteiger partial charge in [0, 0.05) is 5.69 Å². The summed E-state index contributed by atoms with van der Waals surface area (Å²) in [5.41, 5.74) is 16.8. The molecule has 0 saturated heterocycles. The van der Waals surface area contributed by atoms with Gasteiger partial charge < -0.3 is 5.73 Å². The molecule has 4 aromatic carbocycles. The van der Waals surface area contributed by atoms with E-state index in [1.54, 1.807) is 0 Å². The maximum absolute atomic E-state index is 9.04. The molecule has 0 aliphatic carbocycles. The summed E-state index contributed by atoms with van der Waals surface area (Å²) in [6.07, 6.45) is 0. The van der Waals surface area contributed by atoms with Crippen molar-refractivity contribution in [2.45, 2.75) is 13.8 Å². The van der Waals surface area contributed by atoms with Crippen molar-refractivity contribution in [3.8, 4) is 39.4 Å². The largest absolute Gasteiger partial charge is 0.399 e. The van der Waals surface area contributed by atoms with Crippen molar-refractivity contribution in [1.82, 2.24) is 0 Å². The second-order valence-electron chi connectivity index (χ2n) is 7.37. The Balaban J connectivity index is 1.80. The van der Waals surface area contributed by atoms with Gasteiger partial charge in [-0.1, -0.05) is 48.5 Å². The minimum absolute atomic E-state index is 0.674. The Kier molecular flexibility index (Phi) is 4.89. The van der Waals surface area contributed by atoms with Crippen molar-refractivity contribution in [1.29, 1.82) is 5.26 Å². The highest BCUT2D eigenvalue weighted by Crippen LogP contribution is 2.34. The molecule has 0 unspecified atom stereocenters. The summed E-state index contributed by atoms with van der Waals surface area (Å²) in [5.74, 6) is 0. The van der Waals surface area contributed by atoms with Gasteiger partial charge in [0.2, 0.25) is 0 Å². The zero-order valence-corrected chi connectivity index (χ0v) is 16.6. The van der Waals surface area contributed by atoms with Crippen molar-refractivity contribution in [2.24, 2.45) is 0 Å². The maximum atomic E-state index is 9.04. The van der Waals surface area contributed by atoms with Crippen LogP contribution >= 0.6 is 0 Å². The van der Waals surface area contributed by atoms with Crippen molar-refractivity contribution < 1.29 is 0 Å². The van der Waals surface area contributed by atoms with Crippen LogP contribution in [0.2, 0.25) is 0 Å². The molecule has 0 heterocycles. The number of nitrogens with zero attached hydrogens (tertiary/aromatic N) is 1. The van der Waals surface area contributed by atoms with E-state index in [1.165, 1.54) is 27.8 Å². The van der Waals surface area contributed by atoms with Crippen molar-refractivity contribution in [3.63, 3.8) is 0 Å². The zero-order valence-electron chi connectivity index (χ0n) is 16.6. The van der Waals surface area contributed by atoms with Crippen molar-refractivity contribution >= 4 is 5.69 Å². The van der Waals surface area contributed by atoms with Crippen LogP contribution in [-0.4, -0.2) is 0 Å². The molecule has 0 fully saturated rings. The fraction of sp³-hybridized carbons (Fsp3) is 0.0741. The van der Waals surface area contributed by atoms with E-state index in [2.05, 4.69) is 68.4 Å². The predicted molar refractivity (Wildman–Crippen MR) is 121 cm³/mol. The summed E-state index contributed by atoms with van der Waals surface area (Å²) in [4.78, 5) is 0. The SMILES string of the molecule is Cc1ccc(-c2ccc(N)cc2)cc1-c1cc(-c2ccc(C#N)cc2)ccc1C. The van der Waals surface area contributed by atoms with Crippen LogP contribution in [0.15, 0.2) is 84.9 Å². The van der Waals surface area contributed by atoms with Gasteiger partial charge in [-0.15, -0.1) is 0 Å². The Morgan fingerprint density at radius 1 is 0.586 bits per heavy atom. The van der Waals surface area contributed by atoms with Crippen LogP contribution in [0.1, 0.15) is 16.7 Å². The smallest absolute Gasteiger partial charge is 0.0991 e. The molecule has 29 heavy (non-hydrogen) atoms. The minimum atomic E-state index is 0.674. The molecule has 140 valence electrons. The van der Waals surface area contributed by atoms with Gasteiger partial charge in [-0.05, 0) is 94.8 Å². The molecule has 0 radical (unpaired) electrons. The number of benzene rings is 4. The monoisotopic (exact) mass is 374 g/mol. The summed E-state index contributed by atoms with van der Waals surface area (Å²) < 4.78 is 0. The van der Waals surface area contributed by atoms with E-state index in [0.717, 1.165) is 22.4 Å². The molecule has 0 amide bonds. The Labute approximate surface area is 171 Å². The molecule has 0 spiro atoms. The second kappa shape index (κ2) is 7.66. The first-order valence-corrected chi connectivity index (χ1v) is 9.63. The Hall–Kier alpha value is -3.83. The summed E-state index contributed by atoms with van der Waals surface area (Å²) >= 11 is 0. The molecule has 0 aliphatic heterocycles. The molecule has 4 aromatic rings. The van der Waals surface area contributed by atoms with Crippen LogP contribution in [0.4, 0.5) is 5.69 Å². The van der Waals surface area contributed by atoms with Gasteiger partial charge in [0.15, 0.2) is 0 Å². The standard InChI is InChI=1S/C27H22N2/c1-18-3-7-23(21-9-5-20(17-28)6-10-21)15-26(18)27-16-24(8-4-19(27)2)22-11-13-25(29)14-12-22/h3-16H,29H2,1-2H3. The number of rotatable bonds is 3. The van der Waals surface area contributed by atoms with Gasteiger partial charge in [-0.25, -0.2) is 0 Å². The van der Waals surface area contributed by atoms with Crippen LogP contribution in [0.25, 0.3) is 33.4 Å². The first-order valence-electron chi connectivity index (χ1n) is 9.63. The van der Waals surface area contributed by atoms with E-state index in [4.69, 9.17) is 11.0 Å². The van der Waals surface area contributed by atoms with Gasteiger partial charge in [0.05, 0.1) is 11.6 Å². The molecule has 0 saturated carbocycles. The first-order chi connectivity index (χ1) is 14.0. The lowest BCUT2D eigenvalue weighted by Gasteiger charge is -2.14. The summed E-state index contributed by atoms with van der Waals surface area (Å²) in [5, 5.41) is 9.04. The molecule has 0 aliphatic rings. The highest BCUT2D eigenvalue weighted by molar-refractivity contribution is 5.81. The van der Waals surface area contributed by atoms with E-state index in [-0.39, 0.29) is 0 Å². The Morgan fingerprint density at radius 2 is 1.00 bits per heavy atom. The highest BCUT2D eigenvalue weighted by atomic mass is 14.5. The predicted octanol–water partition coefficient (Wildman–Crippen LogP) is 6.76. The third-order valence-electron chi connectivity index (χ3n) is 5.36. The molecular weight excluding hydrogens is 352 g/mol. The van der Waals surface area contributed by atoms with Crippen LogP contribution < -0.4 is 5.73 Å². The Morgan fingerprint density at radius 3 is 1.45 bits per heavy atom. The van der Waals surface area contributed by atoms with E-state index in [1.807, 2.05) is 36.4 Å². The number of aryl methyl sites for hydroxylation is 2. The molecule has 0 atom stereocenters. The fourth-order valence-electron chi connectivity index (χ4n) is 3.60. The molecule has 4 rings (SSSR count). The van der Waals surface area contributed by atoms with Gasteiger partial charge >= 0.3 is 0 Å². The van der Waals surface area contributed by atoms with Crippen LogP contribution in [0.3, 0.4) is 0 Å². The zero-order chi connectivity index (χ0) is 20.4. The first kappa shape index (κ1) is 18.5. The normalized spacial score (nSPS) is 10.5. The van der Waals surface area contributed by atoms with Crippen LogP contribution in [0, 0.1) is 25.2 Å². The fourth-order valence-corrected chi connectivity index (χ4v) is 3.60. The average Bonchev–Trinajstić information content (AvgIpc) is 2.75. The highest BCUT2D eigenvalue weighted by Gasteiger charge is 2.10. The third-order valence-corrected chi connectivity index (χ3v) is 5.36. The van der Waals surface area contributed by atoms with Gasteiger partial charge in [-0.2, -0.15) is 5.26 Å². The van der Waals surface area contributed by atoms with Gasteiger partial charge in [-0.3, -0.25) is 0 Å². The second-order valence-corrected chi connectivity index (χ2v) is 7.37. The van der Waals surface area contributed by atoms with Crippen molar-refractivity contribution in [2.75, 3.05) is 5.73 Å². The maximum Gasteiger partial charge on any atom is 0.0991 e. The lowest BCUT2D eigenvalue weighted by atomic mass is 9.90. The number of nitrogen functional groups attached to an aromatic ring is 1. The molecule has 2 heteroatoms. The number of nitriles is 1.